The smallest absolute Gasteiger partial charge is 0.0726 e. The third kappa shape index (κ3) is 7.34. The van der Waals surface area contributed by atoms with E-state index in [0.717, 1.165) is 28.4 Å². The second-order valence-corrected chi connectivity index (χ2v) is 25.7. The van der Waals surface area contributed by atoms with E-state index in [-0.39, 0.29) is 10.8 Å². The van der Waals surface area contributed by atoms with Gasteiger partial charge in [-0.05, 0) is 195 Å². The fourth-order valence-electron chi connectivity index (χ4n) is 14.6. The van der Waals surface area contributed by atoms with Gasteiger partial charge in [-0.15, -0.1) is 0 Å². The number of fused-ring (bicyclic) bond motifs is 17. The first kappa shape index (κ1) is 49.8. The van der Waals surface area contributed by atoms with E-state index in [2.05, 4.69) is 308 Å². The summed E-state index contributed by atoms with van der Waals surface area (Å²) >= 11 is 0. The fraction of sp³-hybridized carbons (Fsp3) is 0.165. The highest BCUT2D eigenvalue weighted by atomic mass is 15.2. The summed E-state index contributed by atoms with van der Waals surface area (Å²) in [6.45, 7) is 22.6. The lowest BCUT2D eigenvalue weighted by Crippen LogP contribution is -2.25. The minimum absolute atomic E-state index is 0.0191. The Morgan fingerprint density at radius 2 is 0.780 bits per heavy atom. The van der Waals surface area contributed by atoms with Crippen LogP contribution in [0.2, 0.25) is 0 Å². The van der Waals surface area contributed by atoms with E-state index in [9.17, 15) is 0 Å². The van der Waals surface area contributed by atoms with Gasteiger partial charge < -0.3 is 14.2 Å². The van der Waals surface area contributed by atoms with Gasteiger partial charge in [0.15, 0.2) is 0 Å². The van der Waals surface area contributed by atoms with Crippen molar-refractivity contribution in [2.24, 2.45) is 0 Å². The summed E-state index contributed by atoms with van der Waals surface area (Å²) in [4.78, 5) is 4.93. The van der Waals surface area contributed by atoms with Crippen LogP contribution in [0.15, 0.2) is 224 Å². The van der Waals surface area contributed by atoms with Gasteiger partial charge in [0, 0.05) is 55.5 Å². The molecule has 3 heteroatoms. The van der Waals surface area contributed by atoms with Crippen molar-refractivity contribution in [3.05, 3.63) is 280 Å². The first-order valence-corrected chi connectivity index (χ1v) is 29.2. The van der Waals surface area contributed by atoms with Crippen molar-refractivity contribution in [2.45, 2.75) is 85.5 Å². The maximum absolute atomic E-state index is 2.67. The van der Waals surface area contributed by atoms with E-state index in [1.807, 2.05) is 0 Å². The number of hydrogen-bond donors (Lipinski definition) is 0. The van der Waals surface area contributed by atoms with Gasteiger partial charge in [-0.1, -0.05) is 193 Å². The van der Waals surface area contributed by atoms with Gasteiger partial charge in [-0.3, -0.25) is 0 Å². The van der Waals surface area contributed by atoms with Crippen LogP contribution in [0, 0.1) is 27.7 Å². The summed E-state index contributed by atoms with van der Waals surface area (Å²) in [5, 5.41) is 5.00. The lowest BCUT2D eigenvalue weighted by Gasteiger charge is -2.30. The molecule has 2 aliphatic rings. The van der Waals surface area contributed by atoms with E-state index in [0.29, 0.717) is 0 Å². The van der Waals surface area contributed by atoms with Gasteiger partial charge in [0.1, 0.15) is 0 Å². The molecule has 0 bridgehead atoms. The molecule has 2 aromatic heterocycles. The molecule has 0 saturated heterocycles. The molecule has 2 aliphatic carbocycles. The summed E-state index contributed by atoms with van der Waals surface area (Å²) in [5.74, 6) is 0. The predicted molar refractivity (Wildman–Crippen MR) is 349 cm³/mol. The van der Waals surface area contributed by atoms with Crippen LogP contribution in [0.1, 0.15) is 97.2 Å². The van der Waals surface area contributed by atoms with Crippen LogP contribution in [0.3, 0.4) is 0 Å². The minimum Gasteiger partial charge on any atom is -0.310 e. The standard InChI is InChI=1S/C79H67N3/c1-48-41-49(2)44-59(43-48)80(57-32-26-54(27-33-57)77(5,6)7)56-30-23-52(24-31-56)53-25-36-63-64-38-40-71(81(60-45-50(3)42-51(4)46-60)58-34-28-55(29-35-58)78(8,9)10)74-66-37-39-70-73(76(66)82(75(64)74)72(63)47-53)65-19-13-16-22-69(65)79(70)67-20-14-11-17-61(67)62-18-12-15-21-68(62)79/h11-47H,1-10H3. The fourth-order valence-corrected chi connectivity index (χ4v) is 14.6. The normalized spacial score (nSPS) is 13.3. The Labute approximate surface area is 482 Å². The molecule has 13 aromatic rings. The van der Waals surface area contributed by atoms with Crippen LogP contribution in [0.4, 0.5) is 34.1 Å². The molecular weight excluding hydrogens is 991 g/mol. The number of aryl methyl sites for hydroxylation is 4. The molecule has 15 rings (SSSR count). The summed E-state index contributed by atoms with van der Waals surface area (Å²) in [6, 6.07) is 86.2. The average Bonchev–Trinajstić information content (AvgIpc) is 1.58. The minimum atomic E-state index is -0.486. The molecule has 0 unspecified atom stereocenters. The van der Waals surface area contributed by atoms with Crippen molar-refractivity contribution in [1.82, 2.24) is 4.40 Å². The largest absolute Gasteiger partial charge is 0.310 e. The molecule has 0 radical (unpaired) electrons. The monoisotopic (exact) mass is 1060 g/mol. The van der Waals surface area contributed by atoms with Crippen LogP contribution < -0.4 is 9.80 Å². The Morgan fingerprint density at radius 3 is 1.32 bits per heavy atom. The lowest BCUT2D eigenvalue weighted by atomic mass is 9.70. The molecule has 0 N–H and O–H groups in total. The van der Waals surface area contributed by atoms with Crippen molar-refractivity contribution in [1.29, 1.82) is 0 Å². The first-order valence-electron chi connectivity index (χ1n) is 29.2. The van der Waals surface area contributed by atoms with Crippen LogP contribution in [0.25, 0.3) is 71.5 Å². The lowest BCUT2D eigenvalue weighted by molar-refractivity contribution is 0.590. The van der Waals surface area contributed by atoms with Gasteiger partial charge in [0.2, 0.25) is 0 Å². The molecule has 11 aromatic carbocycles. The number of rotatable bonds is 7. The Hall–Kier alpha value is -9.18. The Kier molecular flexibility index (Phi) is 10.9. The summed E-state index contributed by atoms with van der Waals surface area (Å²) in [5.41, 5.74) is 30.8. The van der Waals surface area contributed by atoms with E-state index in [4.69, 9.17) is 0 Å². The number of anilines is 6. The van der Waals surface area contributed by atoms with Gasteiger partial charge >= 0.3 is 0 Å². The number of aromatic nitrogens is 1. The van der Waals surface area contributed by atoms with Crippen molar-refractivity contribution >= 4 is 72.2 Å². The van der Waals surface area contributed by atoms with Crippen LogP contribution in [0.5, 0.6) is 0 Å². The topological polar surface area (TPSA) is 10.9 Å². The zero-order valence-electron chi connectivity index (χ0n) is 48.7. The van der Waals surface area contributed by atoms with E-state index < -0.39 is 5.41 Å². The molecule has 398 valence electrons. The van der Waals surface area contributed by atoms with Crippen molar-refractivity contribution in [3.8, 4) is 33.4 Å². The highest BCUT2D eigenvalue weighted by Gasteiger charge is 2.52. The van der Waals surface area contributed by atoms with E-state index >= 15 is 0 Å². The SMILES string of the molecule is Cc1cc(C)cc(N(c2ccc(-c3ccc4c5ccc(N(c6ccc(C(C)(C)C)cc6)c6cc(C)cc(C)c6)c6c7ccc8c(c7n(c4c3)c56)-c3ccccc3C83c4ccccc4-c4ccccc43)cc2)c2ccc(C(C)(C)C)cc2)c1. The van der Waals surface area contributed by atoms with Crippen molar-refractivity contribution < 1.29 is 0 Å². The molecular formula is C79H67N3. The molecule has 0 aliphatic heterocycles. The Morgan fingerprint density at radius 1 is 0.341 bits per heavy atom. The van der Waals surface area contributed by atoms with Crippen LogP contribution in [-0.2, 0) is 16.2 Å². The zero-order chi connectivity index (χ0) is 56.1. The first-order chi connectivity index (χ1) is 39.6. The average molecular weight is 1060 g/mol. The molecule has 1 spiro atoms. The molecule has 3 nitrogen and oxygen atoms in total. The maximum Gasteiger partial charge on any atom is 0.0726 e. The van der Waals surface area contributed by atoms with E-state index in [1.54, 1.807) is 0 Å². The van der Waals surface area contributed by atoms with Crippen molar-refractivity contribution in [2.75, 3.05) is 9.80 Å². The van der Waals surface area contributed by atoms with Crippen LogP contribution in [-0.4, -0.2) is 4.40 Å². The molecule has 2 heterocycles. The molecule has 0 atom stereocenters. The van der Waals surface area contributed by atoms with Gasteiger partial charge in [0.05, 0.1) is 27.7 Å². The zero-order valence-corrected chi connectivity index (χ0v) is 48.7. The highest BCUT2D eigenvalue weighted by Crippen LogP contribution is 2.65. The molecule has 0 saturated carbocycles. The second-order valence-electron chi connectivity index (χ2n) is 25.7. The number of nitrogens with zero attached hydrogens (tertiary/aromatic N) is 3. The summed E-state index contributed by atoms with van der Waals surface area (Å²) in [7, 11) is 0. The Balaban J connectivity index is 0.998. The summed E-state index contributed by atoms with van der Waals surface area (Å²) < 4.78 is 2.67. The van der Waals surface area contributed by atoms with Crippen LogP contribution >= 0.6 is 0 Å². The van der Waals surface area contributed by atoms with E-state index in [1.165, 1.54) is 133 Å². The summed E-state index contributed by atoms with van der Waals surface area (Å²) in [6.07, 6.45) is 0. The van der Waals surface area contributed by atoms with Gasteiger partial charge in [0.25, 0.3) is 0 Å². The highest BCUT2D eigenvalue weighted by molar-refractivity contribution is 6.30. The quantitative estimate of drug-likeness (QED) is 0.158. The predicted octanol–water partition coefficient (Wildman–Crippen LogP) is 21.6. The maximum atomic E-state index is 2.67. The Bertz CT molecular complexity index is 4640. The second kappa shape index (κ2) is 17.9. The molecule has 82 heavy (non-hydrogen) atoms. The third-order valence-corrected chi connectivity index (χ3v) is 18.1. The third-order valence-electron chi connectivity index (χ3n) is 18.1. The number of benzene rings is 11. The number of hydrogen-bond acceptors (Lipinski definition) is 2. The van der Waals surface area contributed by atoms with Gasteiger partial charge in [-0.25, -0.2) is 0 Å². The van der Waals surface area contributed by atoms with Crippen molar-refractivity contribution in [3.63, 3.8) is 0 Å². The van der Waals surface area contributed by atoms with Gasteiger partial charge in [-0.2, -0.15) is 0 Å². The molecule has 0 fully saturated rings. The molecule has 0 amide bonds.